The Hall–Kier alpha value is -2.16. The van der Waals surface area contributed by atoms with Crippen LogP contribution in [-0.2, 0) is 7.05 Å². The van der Waals surface area contributed by atoms with Gasteiger partial charge in [-0.05, 0) is 6.42 Å². The predicted octanol–water partition coefficient (Wildman–Crippen LogP) is -0.520. The van der Waals surface area contributed by atoms with E-state index >= 15 is 0 Å². The van der Waals surface area contributed by atoms with E-state index < -0.39 is 11.2 Å². The molecule has 4 N–H and O–H groups in total. The second kappa shape index (κ2) is 4.57. The first-order valence-electron chi connectivity index (χ1n) is 4.82. The third kappa shape index (κ3) is 2.08. The summed E-state index contributed by atoms with van der Waals surface area (Å²) in [4.78, 5) is 24.8. The molecule has 0 saturated carbocycles. The number of aromatic nitrogens is 2. The quantitative estimate of drug-likeness (QED) is 0.600. The molecule has 6 nitrogen and oxygen atoms in total. The number of hydrogen-bond donors (Lipinski definition) is 3. The first kappa shape index (κ1) is 11.9. The van der Waals surface area contributed by atoms with Gasteiger partial charge in [-0.3, -0.25) is 14.3 Å². The first-order valence-corrected chi connectivity index (χ1v) is 4.82. The molecule has 16 heavy (non-hydrogen) atoms. The molecule has 6 heteroatoms. The second-order valence-electron chi connectivity index (χ2n) is 3.35. The zero-order valence-corrected chi connectivity index (χ0v) is 9.20. The summed E-state index contributed by atoms with van der Waals surface area (Å²) in [6.45, 7) is 1.88. The van der Waals surface area contributed by atoms with Crippen LogP contribution in [0.25, 0.3) is 0 Å². The van der Waals surface area contributed by atoms with Crippen molar-refractivity contribution in [1.29, 1.82) is 0 Å². The van der Waals surface area contributed by atoms with Crippen LogP contribution in [0.4, 0.5) is 11.5 Å². The van der Waals surface area contributed by atoms with Crippen LogP contribution in [0.1, 0.15) is 13.3 Å². The van der Waals surface area contributed by atoms with E-state index in [-0.39, 0.29) is 17.5 Å². The molecule has 0 aliphatic heterocycles. The van der Waals surface area contributed by atoms with Crippen molar-refractivity contribution in [3.8, 4) is 12.3 Å². The molecule has 0 saturated heterocycles. The fourth-order valence-electron chi connectivity index (χ4n) is 1.21. The third-order valence-corrected chi connectivity index (χ3v) is 2.30. The van der Waals surface area contributed by atoms with Crippen LogP contribution in [0, 0.1) is 12.3 Å². The van der Waals surface area contributed by atoms with Crippen molar-refractivity contribution in [1.82, 2.24) is 9.55 Å². The fraction of sp³-hybridized carbons (Fsp3) is 0.400. The van der Waals surface area contributed by atoms with E-state index in [1.54, 1.807) is 0 Å². The third-order valence-electron chi connectivity index (χ3n) is 2.30. The van der Waals surface area contributed by atoms with Crippen LogP contribution >= 0.6 is 0 Å². The summed E-state index contributed by atoms with van der Waals surface area (Å²) in [6, 6.07) is -0.291. The minimum atomic E-state index is -0.561. The molecule has 0 fully saturated rings. The van der Waals surface area contributed by atoms with Crippen LogP contribution in [0.2, 0.25) is 0 Å². The predicted molar refractivity (Wildman–Crippen MR) is 63.3 cm³/mol. The van der Waals surface area contributed by atoms with Crippen molar-refractivity contribution >= 4 is 11.5 Å². The van der Waals surface area contributed by atoms with E-state index in [9.17, 15) is 9.59 Å². The SMILES string of the molecule is C#CC(CC)Nc1c(N)n(C)c(=O)[nH]c1=O. The zero-order valence-electron chi connectivity index (χ0n) is 9.20. The number of nitrogens with two attached hydrogens (primary N) is 1. The van der Waals surface area contributed by atoms with Gasteiger partial charge in [-0.2, -0.15) is 0 Å². The van der Waals surface area contributed by atoms with Gasteiger partial charge in [-0.25, -0.2) is 4.79 Å². The molecule has 0 radical (unpaired) electrons. The van der Waals surface area contributed by atoms with Gasteiger partial charge < -0.3 is 11.1 Å². The normalized spacial score (nSPS) is 11.8. The molecule has 0 aliphatic rings. The van der Waals surface area contributed by atoms with Crippen molar-refractivity contribution in [3.63, 3.8) is 0 Å². The number of anilines is 2. The molecule has 1 unspecified atom stereocenters. The van der Waals surface area contributed by atoms with Gasteiger partial charge in [0.2, 0.25) is 0 Å². The number of nitrogens with one attached hydrogen (secondary N) is 2. The molecule has 0 amide bonds. The minimum absolute atomic E-state index is 0.0717. The maximum absolute atomic E-state index is 11.5. The lowest BCUT2D eigenvalue weighted by Gasteiger charge is -2.14. The lowest BCUT2D eigenvalue weighted by molar-refractivity contribution is 0.799. The summed E-state index contributed by atoms with van der Waals surface area (Å²) in [7, 11) is 1.47. The average Bonchev–Trinajstić information content (AvgIpc) is 2.27. The van der Waals surface area contributed by atoms with Gasteiger partial charge in [-0.15, -0.1) is 6.42 Å². The zero-order chi connectivity index (χ0) is 12.3. The van der Waals surface area contributed by atoms with Gasteiger partial charge in [0.05, 0.1) is 6.04 Å². The van der Waals surface area contributed by atoms with Gasteiger partial charge in [0.1, 0.15) is 11.5 Å². The summed E-state index contributed by atoms with van der Waals surface area (Å²) >= 11 is 0. The minimum Gasteiger partial charge on any atom is -0.383 e. The van der Waals surface area contributed by atoms with E-state index in [4.69, 9.17) is 12.2 Å². The number of rotatable bonds is 3. The largest absolute Gasteiger partial charge is 0.383 e. The summed E-state index contributed by atoms with van der Waals surface area (Å²) in [6.07, 6.45) is 5.92. The molecule has 0 bridgehead atoms. The van der Waals surface area contributed by atoms with E-state index in [0.29, 0.717) is 6.42 Å². The maximum atomic E-state index is 11.5. The Bertz CT molecular complexity index is 535. The van der Waals surface area contributed by atoms with Crippen LogP contribution in [0.5, 0.6) is 0 Å². The molecule has 1 rings (SSSR count). The Labute approximate surface area is 92.5 Å². The van der Waals surface area contributed by atoms with Gasteiger partial charge in [0, 0.05) is 7.05 Å². The Balaban J connectivity index is 3.26. The van der Waals surface area contributed by atoms with E-state index in [0.717, 1.165) is 4.57 Å². The number of hydrogen-bond acceptors (Lipinski definition) is 4. The molecular formula is C10H14N4O2. The molecule has 1 heterocycles. The molecule has 86 valence electrons. The van der Waals surface area contributed by atoms with Gasteiger partial charge in [0.25, 0.3) is 5.56 Å². The molecule has 0 aromatic carbocycles. The molecule has 0 aliphatic carbocycles. The molecule has 1 aromatic rings. The number of nitrogens with zero attached hydrogens (tertiary/aromatic N) is 1. The van der Waals surface area contributed by atoms with Crippen LogP contribution in [-0.4, -0.2) is 15.6 Å². The maximum Gasteiger partial charge on any atom is 0.329 e. The number of nitrogen functional groups attached to an aromatic ring is 1. The van der Waals surface area contributed by atoms with Gasteiger partial charge >= 0.3 is 5.69 Å². The molecule has 1 aromatic heterocycles. The highest BCUT2D eigenvalue weighted by atomic mass is 16.2. The summed E-state index contributed by atoms with van der Waals surface area (Å²) in [5.74, 6) is 2.55. The molecular weight excluding hydrogens is 208 g/mol. The summed E-state index contributed by atoms with van der Waals surface area (Å²) in [5, 5.41) is 2.82. The van der Waals surface area contributed by atoms with Crippen LogP contribution < -0.4 is 22.3 Å². The van der Waals surface area contributed by atoms with Crippen molar-refractivity contribution < 1.29 is 0 Å². The second-order valence-corrected chi connectivity index (χ2v) is 3.35. The van der Waals surface area contributed by atoms with Crippen LogP contribution in [0.3, 0.4) is 0 Å². The van der Waals surface area contributed by atoms with E-state index in [1.165, 1.54) is 7.05 Å². The molecule has 0 spiro atoms. The van der Waals surface area contributed by atoms with Crippen molar-refractivity contribution in [2.24, 2.45) is 7.05 Å². The number of terminal acetylenes is 1. The standard InChI is InChI=1S/C10H14N4O2/c1-4-6(5-2)12-7-8(11)14(3)10(16)13-9(7)15/h1,6,12H,5,11H2,2-3H3,(H,13,15,16). The summed E-state index contributed by atoms with van der Waals surface area (Å²) < 4.78 is 1.15. The Morgan fingerprint density at radius 3 is 2.75 bits per heavy atom. The van der Waals surface area contributed by atoms with Crippen LogP contribution in [0.15, 0.2) is 9.59 Å². The Morgan fingerprint density at radius 1 is 1.62 bits per heavy atom. The average molecular weight is 222 g/mol. The monoisotopic (exact) mass is 222 g/mol. The summed E-state index contributed by atoms with van der Waals surface area (Å²) in [5.41, 5.74) is 4.67. The molecule has 1 atom stereocenters. The highest BCUT2D eigenvalue weighted by Crippen LogP contribution is 2.10. The lowest BCUT2D eigenvalue weighted by Crippen LogP contribution is -2.34. The van der Waals surface area contributed by atoms with E-state index in [2.05, 4.69) is 16.2 Å². The van der Waals surface area contributed by atoms with Crippen molar-refractivity contribution in [2.75, 3.05) is 11.1 Å². The number of aromatic amines is 1. The smallest absolute Gasteiger partial charge is 0.329 e. The highest BCUT2D eigenvalue weighted by molar-refractivity contribution is 5.61. The fourth-order valence-corrected chi connectivity index (χ4v) is 1.21. The number of H-pyrrole nitrogens is 1. The topological polar surface area (TPSA) is 92.9 Å². The Kier molecular flexibility index (Phi) is 3.40. The van der Waals surface area contributed by atoms with Crippen molar-refractivity contribution in [3.05, 3.63) is 20.8 Å². The van der Waals surface area contributed by atoms with Gasteiger partial charge in [-0.1, -0.05) is 12.8 Å². The first-order chi connectivity index (χ1) is 7.51. The highest BCUT2D eigenvalue weighted by Gasteiger charge is 2.12. The van der Waals surface area contributed by atoms with Crippen molar-refractivity contribution in [2.45, 2.75) is 19.4 Å². The Morgan fingerprint density at radius 2 is 2.25 bits per heavy atom. The van der Waals surface area contributed by atoms with E-state index in [1.807, 2.05) is 6.92 Å². The van der Waals surface area contributed by atoms with Gasteiger partial charge in [0.15, 0.2) is 0 Å². The lowest BCUT2D eigenvalue weighted by atomic mass is 10.2.